The van der Waals surface area contributed by atoms with Crippen molar-refractivity contribution in [2.75, 3.05) is 0 Å². The smallest absolute Gasteiger partial charge is 0.352 e. The Hall–Kier alpha value is -1.95. The molecule has 0 radical (unpaired) electrons. The molecule has 1 aromatic carbocycles. The van der Waals surface area contributed by atoms with Gasteiger partial charge >= 0.3 is 11.7 Å². The molecule has 0 fully saturated rings. The second kappa shape index (κ2) is 4.50. The van der Waals surface area contributed by atoms with E-state index in [2.05, 4.69) is 25.9 Å². The number of nitrogens with zero attached hydrogens (tertiary/aromatic N) is 1. The van der Waals surface area contributed by atoms with Gasteiger partial charge in [0.05, 0.1) is 5.69 Å². The van der Waals surface area contributed by atoms with E-state index < -0.39 is 11.7 Å². The number of hydrogen-bond donors (Lipinski definition) is 2. The molecule has 2 rings (SSSR count). The standard InChI is InChI=1S/C11H7BrN2O3/c12-7-4-2-1-3-6(7)8-5-9(10(15)16)14-11(17)13-8/h1-5H,(H,15,16)(H,13,14,17). The maximum Gasteiger partial charge on any atom is 0.352 e. The third-order valence-corrected chi connectivity index (χ3v) is 2.82. The number of hydrogen-bond acceptors (Lipinski definition) is 3. The van der Waals surface area contributed by atoms with E-state index in [9.17, 15) is 9.59 Å². The first kappa shape index (κ1) is 11.5. The molecule has 0 spiro atoms. The number of carboxylic acids is 1. The van der Waals surface area contributed by atoms with Crippen LogP contribution < -0.4 is 5.69 Å². The summed E-state index contributed by atoms with van der Waals surface area (Å²) in [6, 6.07) is 8.46. The number of aromatic amines is 1. The highest BCUT2D eigenvalue weighted by Gasteiger charge is 2.10. The van der Waals surface area contributed by atoms with E-state index >= 15 is 0 Å². The third kappa shape index (κ3) is 2.42. The van der Waals surface area contributed by atoms with Crippen molar-refractivity contribution in [3.05, 3.63) is 51.0 Å². The molecule has 2 aromatic rings. The third-order valence-electron chi connectivity index (χ3n) is 2.12. The average molecular weight is 295 g/mol. The molecule has 1 heterocycles. The van der Waals surface area contributed by atoms with Crippen LogP contribution in [0.4, 0.5) is 0 Å². The SMILES string of the molecule is O=C(O)c1cc(-c2ccccc2Br)nc(=O)[nH]1. The predicted octanol–water partition coefficient (Wildman–Crippen LogP) is 1.90. The zero-order valence-electron chi connectivity index (χ0n) is 8.48. The Labute approximate surface area is 104 Å². The van der Waals surface area contributed by atoms with Crippen LogP contribution >= 0.6 is 15.9 Å². The Bertz CT molecular complexity index is 637. The van der Waals surface area contributed by atoms with Gasteiger partial charge in [-0.05, 0) is 12.1 Å². The summed E-state index contributed by atoms with van der Waals surface area (Å²) in [5, 5.41) is 8.84. The quantitative estimate of drug-likeness (QED) is 0.886. The Morgan fingerprint density at radius 2 is 2.06 bits per heavy atom. The van der Waals surface area contributed by atoms with E-state index in [0.717, 1.165) is 4.47 Å². The fourth-order valence-corrected chi connectivity index (χ4v) is 1.87. The molecule has 2 N–H and O–H groups in total. The van der Waals surface area contributed by atoms with Crippen LogP contribution in [0.5, 0.6) is 0 Å². The number of aromatic nitrogens is 2. The zero-order valence-corrected chi connectivity index (χ0v) is 10.1. The molecular weight excluding hydrogens is 288 g/mol. The number of H-pyrrole nitrogens is 1. The summed E-state index contributed by atoms with van der Waals surface area (Å²) in [5.74, 6) is -1.20. The van der Waals surface area contributed by atoms with Gasteiger partial charge in [-0.15, -0.1) is 0 Å². The minimum atomic E-state index is -1.20. The highest BCUT2D eigenvalue weighted by Crippen LogP contribution is 2.25. The molecule has 86 valence electrons. The molecule has 17 heavy (non-hydrogen) atoms. The first-order chi connectivity index (χ1) is 8.08. The van der Waals surface area contributed by atoms with Crippen molar-refractivity contribution < 1.29 is 9.90 Å². The number of halogens is 1. The molecule has 6 heteroatoms. The molecule has 0 aliphatic heterocycles. The van der Waals surface area contributed by atoms with Gasteiger partial charge in [0.25, 0.3) is 0 Å². The molecule has 0 atom stereocenters. The molecule has 5 nitrogen and oxygen atoms in total. The van der Waals surface area contributed by atoms with Crippen LogP contribution in [-0.2, 0) is 0 Å². The lowest BCUT2D eigenvalue weighted by atomic mass is 10.1. The number of rotatable bonds is 2. The first-order valence-corrected chi connectivity index (χ1v) is 5.47. The number of carbonyl (C=O) groups is 1. The van der Waals surface area contributed by atoms with Gasteiger partial charge in [-0.3, -0.25) is 4.98 Å². The van der Waals surface area contributed by atoms with Gasteiger partial charge in [-0.2, -0.15) is 4.98 Å². The van der Waals surface area contributed by atoms with Crippen LogP contribution in [0.25, 0.3) is 11.3 Å². The fourth-order valence-electron chi connectivity index (χ4n) is 1.38. The Morgan fingerprint density at radius 1 is 1.35 bits per heavy atom. The van der Waals surface area contributed by atoms with E-state index in [1.165, 1.54) is 6.07 Å². The molecule has 0 saturated heterocycles. The normalized spacial score (nSPS) is 10.2. The minimum Gasteiger partial charge on any atom is -0.477 e. The van der Waals surface area contributed by atoms with Crippen molar-refractivity contribution in [1.29, 1.82) is 0 Å². The summed E-state index contributed by atoms with van der Waals surface area (Å²) in [4.78, 5) is 28.0. The van der Waals surface area contributed by atoms with E-state index in [-0.39, 0.29) is 5.69 Å². The van der Waals surface area contributed by atoms with Gasteiger partial charge in [-0.1, -0.05) is 34.1 Å². The van der Waals surface area contributed by atoms with Gasteiger partial charge < -0.3 is 5.11 Å². The largest absolute Gasteiger partial charge is 0.477 e. The van der Waals surface area contributed by atoms with Crippen molar-refractivity contribution in [2.45, 2.75) is 0 Å². The van der Waals surface area contributed by atoms with Crippen molar-refractivity contribution in [3.8, 4) is 11.3 Å². The maximum absolute atomic E-state index is 11.3. The molecule has 0 unspecified atom stereocenters. The van der Waals surface area contributed by atoms with Gasteiger partial charge in [0.15, 0.2) is 0 Å². The zero-order chi connectivity index (χ0) is 12.4. The van der Waals surface area contributed by atoms with Crippen LogP contribution in [0.15, 0.2) is 39.6 Å². The lowest BCUT2D eigenvalue weighted by Crippen LogP contribution is -2.16. The molecule has 0 aliphatic carbocycles. The molecule has 0 aliphatic rings. The van der Waals surface area contributed by atoms with Crippen LogP contribution in [0, 0.1) is 0 Å². The van der Waals surface area contributed by atoms with Gasteiger partial charge in [-0.25, -0.2) is 9.59 Å². The van der Waals surface area contributed by atoms with Crippen LogP contribution in [-0.4, -0.2) is 21.0 Å². The number of carboxylic acid groups (broad SMARTS) is 1. The fraction of sp³-hybridized carbons (Fsp3) is 0. The van der Waals surface area contributed by atoms with Crippen molar-refractivity contribution in [2.24, 2.45) is 0 Å². The minimum absolute atomic E-state index is 0.184. The Morgan fingerprint density at radius 3 is 2.71 bits per heavy atom. The van der Waals surface area contributed by atoms with E-state index in [1.807, 2.05) is 6.07 Å². The van der Waals surface area contributed by atoms with E-state index in [4.69, 9.17) is 5.11 Å². The number of aromatic carboxylic acids is 1. The van der Waals surface area contributed by atoms with Gasteiger partial charge in [0, 0.05) is 10.0 Å². The van der Waals surface area contributed by atoms with Crippen LogP contribution in [0.3, 0.4) is 0 Å². The second-order valence-corrected chi connectivity index (χ2v) is 4.12. The highest BCUT2D eigenvalue weighted by molar-refractivity contribution is 9.10. The van der Waals surface area contributed by atoms with Crippen molar-refractivity contribution in [3.63, 3.8) is 0 Å². The summed E-state index contributed by atoms with van der Waals surface area (Å²) in [7, 11) is 0. The molecule has 0 bridgehead atoms. The Balaban J connectivity index is 2.64. The van der Waals surface area contributed by atoms with Crippen molar-refractivity contribution in [1.82, 2.24) is 9.97 Å². The number of nitrogens with one attached hydrogen (secondary N) is 1. The molecule has 0 saturated carbocycles. The molecule has 0 amide bonds. The topological polar surface area (TPSA) is 83.0 Å². The average Bonchev–Trinajstić information content (AvgIpc) is 2.28. The van der Waals surface area contributed by atoms with Crippen LogP contribution in [0.2, 0.25) is 0 Å². The van der Waals surface area contributed by atoms with Gasteiger partial charge in [0.2, 0.25) is 0 Å². The van der Waals surface area contributed by atoms with E-state index in [1.54, 1.807) is 18.2 Å². The molecule has 1 aromatic heterocycles. The summed E-state index contributed by atoms with van der Waals surface area (Å²) in [5.41, 5.74) is 0.117. The summed E-state index contributed by atoms with van der Waals surface area (Å²) < 4.78 is 0.745. The summed E-state index contributed by atoms with van der Waals surface area (Å²) in [6.45, 7) is 0. The second-order valence-electron chi connectivity index (χ2n) is 3.27. The maximum atomic E-state index is 11.3. The Kier molecular flexibility index (Phi) is 3.06. The van der Waals surface area contributed by atoms with Crippen LogP contribution in [0.1, 0.15) is 10.5 Å². The summed E-state index contributed by atoms with van der Waals surface area (Å²) >= 11 is 3.32. The summed E-state index contributed by atoms with van der Waals surface area (Å²) in [6.07, 6.45) is 0. The molecular formula is C11H7BrN2O3. The van der Waals surface area contributed by atoms with Gasteiger partial charge in [0.1, 0.15) is 5.69 Å². The first-order valence-electron chi connectivity index (χ1n) is 4.67. The predicted molar refractivity (Wildman–Crippen MR) is 65.0 cm³/mol. The monoisotopic (exact) mass is 294 g/mol. The van der Waals surface area contributed by atoms with Crippen molar-refractivity contribution >= 4 is 21.9 Å². The number of benzene rings is 1. The van der Waals surface area contributed by atoms with E-state index in [0.29, 0.717) is 11.3 Å². The lowest BCUT2D eigenvalue weighted by molar-refractivity contribution is 0.0690. The lowest BCUT2D eigenvalue weighted by Gasteiger charge is -2.03. The highest BCUT2D eigenvalue weighted by atomic mass is 79.9.